The van der Waals surface area contributed by atoms with Gasteiger partial charge in [0.15, 0.2) is 11.1 Å². The largest absolute Gasteiger partial charge is 0.370 e. The van der Waals surface area contributed by atoms with E-state index in [9.17, 15) is 4.79 Å². The van der Waals surface area contributed by atoms with E-state index < -0.39 is 0 Å². The van der Waals surface area contributed by atoms with Gasteiger partial charge in [-0.15, -0.1) is 11.3 Å². The van der Waals surface area contributed by atoms with Crippen molar-refractivity contribution in [3.8, 4) is 0 Å². The molecule has 3 heterocycles. The number of carbonyl (C=O) groups is 1. The molecule has 1 amide bonds. The predicted octanol–water partition coefficient (Wildman–Crippen LogP) is 0.592. The van der Waals surface area contributed by atoms with E-state index >= 15 is 0 Å². The Kier molecular flexibility index (Phi) is 5.32. The van der Waals surface area contributed by atoms with E-state index in [-0.39, 0.29) is 5.91 Å². The number of guanidine groups is 1. The first-order valence-electron chi connectivity index (χ1n) is 8.21. The van der Waals surface area contributed by atoms with E-state index in [2.05, 4.69) is 19.8 Å². The Morgan fingerprint density at radius 1 is 1.17 bits per heavy atom. The van der Waals surface area contributed by atoms with E-state index in [0.29, 0.717) is 18.9 Å². The van der Waals surface area contributed by atoms with Crippen LogP contribution in [0.1, 0.15) is 19.3 Å². The summed E-state index contributed by atoms with van der Waals surface area (Å²) in [6.07, 6.45) is 4.54. The van der Waals surface area contributed by atoms with E-state index in [1.165, 1.54) is 0 Å². The van der Waals surface area contributed by atoms with E-state index in [0.717, 1.165) is 57.2 Å². The van der Waals surface area contributed by atoms with Crippen LogP contribution in [0.4, 0.5) is 5.13 Å². The standard InChI is InChI=1S/C15H24N6OS/c16-14(17-4-3-13(22)19-6-1-2-7-19)20-8-10-21(11-9-20)15-18-5-12-23-15/h5,12H,1-4,6-11H2,(H2,16,17). The third-order valence-corrected chi connectivity index (χ3v) is 5.18. The van der Waals surface area contributed by atoms with Gasteiger partial charge in [0.2, 0.25) is 5.91 Å². The molecule has 2 N–H and O–H groups in total. The molecule has 126 valence electrons. The minimum absolute atomic E-state index is 0.202. The van der Waals surface area contributed by atoms with Crippen LogP contribution in [0.5, 0.6) is 0 Å². The maximum Gasteiger partial charge on any atom is 0.224 e. The SMILES string of the molecule is NC(=NCCC(=O)N1CCCC1)N1CCN(c2nccs2)CC1. The monoisotopic (exact) mass is 336 g/mol. The first-order chi connectivity index (χ1) is 11.2. The van der Waals surface area contributed by atoms with Crippen LogP contribution in [0.2, 0.25) is 0 Å². The van der Waals surface area contributed by atoms with Crippen molar-refractivity contribution in [1.29, 1.82) is 0 Å². The number of hydrogen-bond acceptors (Lipinski definition) is 5. The van der Waals surface area contributed by atoms with Crippen molar-refractivity contribution in [2.75, 3.05) is 50.7 Å². The number of hydrogen-bond donors (Lipinski definition) is 1. The van der Waals surface area contributed by atoms with Gasteiger partial charge in [-0.2, -0.15) is 0 Å². The lowest BCUT2D eigenvalue weighted by Gasteiger charge is -2.35. The number of piperazine rings is 1. The molecule has 7 nitrogen and oxygen atoms in total. The van der Waals surface area contributed by atoms with Crippen LogP contribution in [0.15, 0.2) is 16.6 Å². The fourth-order valence-corrected chi connectivity index (χ4v) is 3.69. The highest BCUT2D eigenvalue weighted by molar-refractivity contribution is 7.13. The number of anilines is 1. The van der Waals surface area contributed by atoms with Gasteiger partial charge in [0.1, 0.15) is 0 Å². The maximum atomic E-state index is 12.0. The van der Waals surface area contributed by atoms with Crippen molar-refractivity contribution >= 4 is 28.3 Å². The Balaban J connectivity index is 1.41. The molecule has 0 aliphatic carbocycles. The molecule has 0 aromatic carbocycles. The Bertz CT molecular complexity index is 532. The molecule has 0 atom stereocenters. The highest BCUT2D eigenvalue weighted by Gasteiger charge is 2.20. The molecule has 0 unspecified atom stereocenters. The van der Waals surface area contributed by atoms with Crippen molar-refractivity contribution in [1.82, 2.24) is 14.8 Å². The number of carbonyl (C=O) groups excluding carboxylic acids is 1. The van der Waals surface area contributed by atoms with Gasteiger partial charge in [0.25, 0.3) is 0 Å². The molecule has 0 spiro atoms. The molecule has 0 bridgehead atoms. The molecule has 8 heteroatoms. The number of nitrogens with zero attached hydrogens (tertiary/aromatic N) is 5. The maximum absolute atomic E-state index is 12.0. The zero-order chi connectivity index (χ0) is 16.1. The Morgan fingerprint density at radius 2 is 1.91 bits per heavy atom. The smallest absolute Gasteiger partial charge is 0.224 e. The zero-order valence-electron chi connectivity index (χ0n) is 13.4. The summed E-state index contributed by atoms with van der Waals surface area (Å²) >= 11 is 1.66. The molecule has 23 heavy (non-hydrogen) atoms. The van der Waals surface area contributed by atoms with Crippen molar-refractivity contribution in [2.24, 2.45) is 10.7 Å². The van der Waals surface area contributed by atoms with Gasteiger partial charge in [0.05, 0.1) is 6.54 Å². The highest BCUT2D eigenvalue weighted by Crippen LogP contribution is 2.18. The summed E-state index contributed by atoms with van der Waals surface area (Å²) in [5, 5.41) is 3.06. The number of likely N-dealkylation sites (tertiary alicyclic amines) is 1. The van der Waals surface area contributed by atoms with Gasteiger partial charge >= 0.3 is 0 Å². The van der Waals surface area contributed by atoms with Crippen LogP contribution >= 0.6 is 11.3 Å². The Morgan fingerprint density at radius 3 is 2.57 bits per heavy atom. The minimum Gasteiger partial charge on any atom is -0.370 e. The zero-order valence-corrected chi connectivity index (χ0v) is 14.2. The first-order valence-corrected chi connectivity index (χ1v) is 9.09. The normalized spacial score (nSPS) is 19.5. The third kappa shape index (κ3) is 4.13. The molecular formula is C15H24N6OS. The molecule has 0 saturated carbocycles. The first kappa shape index (κ1) is 16.0. The van der Waals surface area contributed by atoms with Crippen molar-refractivity contribution in [2.45, 2.75) is 19.3 Å². The summed E-state index contributed by atoms with van der Waals surface area (Å²) in [6, 6.07) is 0. The summed E-state index contributed by atoms with van der Waals surface area (Å²) in [7, 11) is 0. The average Bonchev–Trinajstić information content (AvgIpc) is 3.28. The summed E-state index contributed by atoms with van der Waals surface area (Å²) in [5.74, 6) is 0.755. The molecule has 1 aromatic rings. The summed E-state index contributed by atoms with van der Waals surface area (Å²) in [4.78, 5) is 27.0. The van der Waals surface area contributed by atoms with E-state index in [1.807, 2.05) is 16.5 Å². The molecule has 2 aliphatic rings. The Hall–Kier alpha value is -1.83. The van der Waals surface area contributed by atoms with Crippen molar-refractivity contribution < 1.29 is 4.79 Å². The lowest BCUT2D eigenvalue weighted by molar-refractivity contribution is -0.129. The van der Waals surface area contributed by atoms with Crippen LogP contribution in [-0.2, 0) is 4.79 Å². The quantitative estimate of drug-likeness (QED) is 0.643. The second-order valence-corrected chi connectivity index (χ2v) is 6.74. The number of nitrogens with two attached hydrogens (primary N) is 1. The lowest BCUT2D eigenvalue weighted by atomic mass is 10.3. The number of rotatable bonds is 4. The van der Waals surface area contributed by atoms with Crippen molar-refractivity contribution in [3.05, 3.63) is 11.6 Å². The summed E-state index contributed by atoms with van der Waals surface area (Å²) in [6.45, 7) is 5.76. The topological polar surface area (TPSA) is 78.1 Å². The highest BCUT2D eigenvalue weighted by atomic mass is 32.1. The molecule has 2 saturated heterocycles. The van der Waals surface area contributed by atoms with Gasteiger partial charge in [-0.05, 0) is 12.8 Å². The fourth-order valence-electron chi connectivity index (χ4n) is 2.99. The third-order valence-electron chi connectivity index (χ3n) is 4.35. The second kappa shape index (κ2) is 7.63. The molecule has 2 aliphatic heterocycles. The van der Waals surface area contributed by atoms with Crippen LogP contribution in [0.25, 0.3) is 0 Å². The van der Waals surface area contributed by atoms with Gasteiger partial charge in [-0.3, -0.25) is 9.79 Å². The van der Waals surface area contributed by atoms with Crippen LogP contribution < -0.4 is 10.6 Å². The lowest BCUT2D eigenvalue weighted by Crippen LogP contribution is -2.51. The fraction of sp³-hybridized carbons (Fsp3) is 0.667. The number of aromatic nitrogens is 1. The number of thiazole rings is 1. The summed E-state index contributed by atoms with van der Waals surface area (Å²) in [5.41, 5.74) is 6.07. The molecule has 1 aromatic heterocycles. The molecule has 2 fully saturated rings. The van der Waals surface area contributed by atoms with Gasteiger partial charge < -0.3 is 20.4 Å². The van der Waals surface area contributed by atoms with Crippen molar-refractivity contribution in [3.63, 3.8) is 0 Å². The molecule has 3 rings (SSSR count). The van der Waals surface area contributed by atoms with Gasteiger partial charge in [0, 0.05) is 57.3 Å². The minimum atomic E-state index is 0.202. The van der Waals surface area contributed by atoms with Crippen LogP contribution in [0.3, 0.4) is 0 Å². The van der Waals surface area contributed by atoms with Crippen LogP contribution in [-0.4, -0.2) is 72.5 Å². The number of aliphatic imine (C=N–C) groups is 1. The van der Waals surface area contributed by atoms with E-state index in [1.54, 1.807) is 11.3 Å². The van der Waals surface area contributed by atoms with Gasteiger partial charge in [-0.1, -0.05) is 0 Å². The second-order valence-electron chi connectivity index (χ2n) is 5.87. The van der Waals surface area contributed by atoms with E-state index in [4.69, 9.17) is 5.73 Å². The predicted molar refractivity (Wildman–Crippen MR) is 92.8 cm³/mol. The average molecular weight is 336 g/mol. The molecule has 0 radical (unpaired) electrons. The van der Waals surface area contributed by atoms with Crippen LogP contribution in [0, 0.1) is 0 Å². The summed E-state index contributed by atoms with van der Waals surface area (Å²) < 4.78 is 0. The Labute approximate surface area is 140 Å². The number of amides is 1. The van der Waals surface area contributed by atoms with Gasteiger partial charge in [-0.25, -0.2) is 4.98 Å². The molecular weight excluding hydrogens is 312 g/mol.